The van der Waals surface area contributed by atoms with E-state index in [1.54, 1.807) is 0 Å². The van der Waals surface area contributed by atoms with Crippen molar-refractivity contribution in [2.45, 2.75) is 51.5 Å². The monoisotopic (exact) mass is 192 g/mol. The molecule has 0 spiro atoms. The Kier molecular flexibility index (Phi) is 2.78. The van der Waals surface area contributed by atoms with Crippen LogP contribution in [-0.4, -0.2) is 24.0 Å². The Morgan fingerprint density at radius 2 is 2.14 bits per heavy atom. The van der Waals surface area contributed by atoms with Crippen LogP contribution in [0, 0.1) is 16.7 Å². The molecule has 0 atom stereocenters. The van der Waals surface area contributed by atoms with E-state index in [2.05, 4.69) is 17.9 Å². The Labute approximate surface area is 86.9 Å². The predicted molar refractivity (Wildman–Crippen MR) is 56.8 cm³/mol. The smallest absolute Gasteiger partial charge is 0.0628 e. The van der Waals surface area contributed by atoms with Gasteiger partial charge in [-0.2, -0.15) is 5.26 Å². The predicted octanol–water partition coefficient (Wildman–Crippen LogP) is 2.55. The number of hydrogen-bond acceptors (Lipinski definition) is 2. The number of rotatable bonds is 6. The summed E-state index contributed by atoms with van der Waals surface area (Å²) in [5.74, 6) is 0. The maximum absolute atomic E-state index is 8.77. The molecule has 2 rings (SSSR count). The Hall–Kier alpha value is -0.550. The molecule has 0 aromatic rings. The molecule has 14 heavy (non-hydrogen) atoms. The van der Waals surface area contributed by atoms with Crippen LogP contribution in [0.1, 0.15) is 45.4 Å². The van der Waals surface area contributed by atoms with E-state index in [0.717, 1.165) is 12.5 Å². The van der Waals surface area contributed by atoms with Crippen molar-refractivity contribution in [1.29, 1.82) is 5.26 Å². The van der Waals surface area contributed by atoms with Crippen molar-refractivity contribution in [2.24, 2.45) is 5.41 Å². The minimum absolute atomic E-state index is 0.409. The van der Waals surface area contributed by atoms with Gasteiger partial charge in [-0.1, -0.05) is 6.92 Å². The van der Waals surface area contributed by atoms with Gasteiger partial charge in [0.15, 0.2) is 0 Å². The molecule has 2 aliphatic carbocycles. The molecule has 0 saturated heterocycles. The molecule has 0 N–H and O–H groups in total. The maximum Gasteiger partial charge on any atom is 0.0628 e. The zero-order valence-corrected chi connectivity index (χ0v) is 9.13. The van der Waals surface area contributed by atoms with Crippen molar-refractivity contribution in [2.75, 3.05) is 13.1 Å². The third-order valence-corrected chi connectivity index (χ3v) is 3.52. The first kappa shape index (κ1) is 9.98. The molecule has 0 aromatic carbocycles. The molecule has 2 fully saturated rings. The van der Waals surface area contributed by atoms with E-state index in [9.17, 15) is 0 Å². The highest BCUT2D eigenvalue weighted by molar-refractivity contribution is 5.02. The number of nitriles is 1. The Bertz CT molecular complexity index is 233. The summed E-state index contributed by atoms with van der Waals surface area (Å²) in [6, 6.07) is 3.22. The SMILES string of the molecule is CCCN(CC1(CC#N)CC1)C1CC1. The molecule has 2 aliphatic rings. The highest BCUT2D eigenvalue weighted by atomic mass is 15.2. The van der Waals surface area contributed by atoms with Gasteiger partial charge in [-0.3, -0.25) is 4.90 Å². The summed E-state index contributed by atoms with van der Waals surface area (Å²) in [6.07, 6.45) is 7.38. The maximum atomic E-state index is 8.77. The van der Waals surface area contributed by atoms with Crippen LogP contribution in [0.5, 0.6) is 0 Å². The lowest BCUT2D eigenvalue weighted by Gasteiger charge is -2.25. The van der Waals surface area contributed by atoms with Crippen LogP contribution >= 0.6 is 0 Å². The second-order valence-electron chi connectivity index (χ2n) is 5.04. The molecule has 0 radical (unpaired) electrons. The van der Waals surface area contributed by atoms with Gasteiger partial charge < -0.3 is 0 Å². The van der Waals surface area contributed by atoms with Crippen molar-refractivity contribution in [3.63, 3.8) is 0 Å². The van der Waals surface area contributed by atoms with Gasteiger partial charge in [0.2, 0.25) is 0 Å². The van der Waals surface area contributed by atoms with Crippen molar-refractivity contribution in [1.82, 2.24) is 4.90 Å². The van der Waals surface area contributed by atoms with Gasteiger partial charge in [0.05, 0.1) is 6.07 Å². The van der Waals surface area contributed by atoms with Crippen LogP contribution in [0.2, 0.25) is 0 Å². The average molecular weight is 192 g/mol. The molecule has 2 heteroatoms. The fraction of sp³-hybridized carbons (Fsp3) is 0.917. The molecule has 0 aliphatic heterocycles. The number of nitrogens with zero attached hydrogens (tertiary/aromatic N) is 2. The molecule has 0 aromatic heterocycles. The lowest BCUT2D eigenvalue weighted by molar-refractivity contribution is 0.211. The van der Waals surface area contributed by atoms with Gasteiger partial charge in [0, 0.05) is 19.0 Å². The van der Waals surface area contributed by atoms with E-state index >= 15 is 0 Å². The van der Waals surface area contributed by atoms with E-state index in [4.69, 9.17) is 5.26 Å². The molecule has 0 bridgehead atoms. The normalized spacial score (nSPS) is 23.5. The first-order chi connectivity index (χ1) is 6.79. The summed E-state index contributed by atoms with van der Waals surface area (Å²) < 4.78 is 0. The summed E-state index contributed by atoms with van der Waals surface area (Å²) >= 11 is 0. The zero-order chi connectivity index (χ0) is 10.0. The van der Waals surface area contributed by atoms with E-state index in [-0.39, 0.29) is 0 Å². The van der Waals surface area contributed by atoms with E-state index < -0.39 is 0 Å². The van der Waals surface area contributed by atoms with Gasteiger partial charge in [-0.15, -0.1) is 0 Å². The van der Waals surface area contributed by atoms with Gasteiger partial charge in [0.1, 0.15) is 0 Å². The van der Waals surface area contributed by atoms with Crippen molar-refractivity contribution in [3.05, 3.63) is 0 Å². The molecule has 2 nitrogen and oxygen atoms in total. The van der Waals surface area contributed by atoms with Crippen LogP contribution < -0.4 is 0 Å². The lowest BCUT2D eigenvalue weighted by atomic mass is 10.0. The first-order valence-electron chi connectivity index (χ1n) is 5.91. The Morgan fingerprint density at radius 3 is 2.57 bits per heavy atom. The fourth-order valence-electron chi connectivity index (χ4n) is 2.28. The quantitative estimate of drug-likeness (QED) is 0.646. The molecule has 2 saturated carbocycles. The third-order valence-electron chi connectivity index (χ3n) is 3.52. The van der Waals surface area contributed by atoms with Crippen LogP contribution in [0.3, 0.4) is 0 Å². The van der Waals surface area contributed by atoms with Crippen molar-refractivity contribution < 1.29 is 0 Å². The fourth-order valence-corrected chi connectivity index (χ4v) is 2.28. The van der Waals surface area contributed by atoms with E-state index in [1.807, 2.05) is 0 Å². The largest absolute Gasteiger partial charge is 0.300 e. The zero-order valence-electron chi connectivity index (χ0n) is 9.13. The summed E-state index contributed by atoms with van der Waals surface area (Å²) in [6.45, 7) is 4.68. The van der Waals surface area contributed by atoms with Crippen LogP contribution in [-0.2, 0) is 0 Å². The molecule has 0 heterocycles. The Morgan fingerprint density at radius 1 is 1.43 bits per heavy atom. The van der Waals surface area contributed by atoms with Gasteiger partial charge in [0.25, 0.3) is 0 Å². The standard InChI is InChI=1S/C12H20N2/c1-2-9-14(11-3-4-11)10-12(5-6-12)7-8-13/h11H,2-7,9-10H2,1H3. The second-order valence-corrected chi connectivity index (χ2v) is 5.04. The van der Waals surface area contributed by atoms with Gasteiger partial charge in [-0.25, -0.2) is 0 Å². The summed E-state index contributed by atoms with van der Waals surface area (Å²) in [4.78, 5) is 2.63. The van der Waals surface area contributed by atoms with Crippen molar-refractivity contribution in [3.8, 4) is 6.07 Å². The molecule has 0 unspecified atom stereocenters. The lowest BCUT2D eigenvalue weighted by Crippen LogP contribution is -2.33. The molecular weight excluding hydrogens is 172 g/mol. The van der Waals surface area contributed by atoms with Crippen LogP contribution in [0.15, 0.2) is 0 Å². The first-order valence-corrected chi connectivity index (χ1v) is 5.91. The summed E-state index contributed by atoms with van der Waals surface area (Å²) in [5.41, 5.74) is 0.409. The molecule has 0 amide bonds. The summed E-state index contributed by atoms with van der Waals surface area (Å²) in [7, 11) is 0. The third kappa shape index (κ3) is 2.27. The van der Waals surface area contributed by atoms with E-state index in [1.165, 1.54) is 45.2 Å². The van der Waals surface area contributed by atoms with Gasteiger partial charge in [-0.05, 0) is 44.1 Å². The van der Waals surface area contributed by atoms with Crippen molar-refractivity contribution >= 4 is 0 Å². The number of hydrogen-bond donors (Lipinski definition) is 0. The minimum atomic E-state index is 0.409. The topological polar surface area (TPSA) is 27.0 Å². The second kappa shape index (κ2) is 3.90. The Balaban J connectivity index is 1.84. The van der Waals surface area contributed by atoms with Crippen LogP contribution in [0.25, 0.3) is 0 Å². The highest BCUT2D eigenvalue weighted by Gasteiger charge is 2.45. The van der Waals surface area contributed by atoms with Gasteiger partial charge >= 0.3 is 0 Å². The van der Waals surface area contributed by atoms with Crippen LogP contribution in [0.4, 0.5) is 0 Å². The molecular formula is C12H20N2. The summed E-state index contributed by atoms with van der Waals surface area (Å²) in [5, 5.41) is 8.77. The average Bonchev–Trinajstić information content (AvgIpc) is 2.98. The van der Waals surface area contributed by atoms with E-state index in [0.29, 0.717) is 5.41 Å². The molecule has 78 valence electrons. The minimum Gasteiger partial charge on any atom is -0.300 e. The highest BCUT2D eigenvalue weighted by Crippen LogP contribution is 2.50.